The third-order valence-electron chi connectivity index (χ3n) is 2.30. The SMILES string of the molecule is CC1CNC(c2ccc(C#N)cc2)S1. The van der Waals surface area contributed by atoms with Crippen LogP contribution in [0.3, 0.4) is 0 Å². The first-order valence-electron chi connectivity index (χ1n) is 4.68. The van der Waals surface area contributed by atoms with E-state index in [-0.39, 0.29) is 0 Å². The van der Waals surface area contributed by atoms with Crippen molar-refractivity contribution in [3.05, 3.63) is 35.4 Å². The molecule has 14 heavy (non-hydrogen) atoms. The summed E-state index contributed by atoms with van der Waals surface area (Å²) in [6.07, 6.45) is 0. The number of thioether (sulfide) groups is 1. The predicted octanol–water partition coefficient (Wildman–Crippen LogP) is 2.28. The van der Waals surface area contributed by atoms with Crippen LogP contribution in [0.1, 0.15) is 23.4 Å². The van der Waals surface area contributed by atoms with Gasteiger partial charge in [-0.1, -0.05) is 19.1 Å². The van der Waals surface area contributed by atoms with Crippen molar-refractivity contribution >= 4 is 11.8 Å². The lowest BCUT2D eigenvalue weighted by atomic mass is 10.1. The Labute approximate surface area is 88.3 Å². The molecule has 1 saturated heterocycles. The number of nitriles is 1. The van der Waals surface area contributed by atoms with Gasteiger partial charge < -0.3 is 5.32 Å². The van der Waals surface area contributed by atoms with Gasteiger partial charge in [0, 0.05) is 11.8 Å². The summed E-state index contributed by atoms with van der Waals surface area (Å²) < 4.78 is 0. The Morgan fingerprint density at radius 2 is 2.14 bits per heavy atom. The maximum absolute atomic E-state index is 8.67. The van der Waals surface area contributed by atoms with E-state index in [0.717, 1.165) is 12.1 Å². The predicted molar refractivity (Wildman–Crippen MR) is 59.0 cm³/mol. The molecule has 0 radical (unpaired) electrons. The summed E-state index contributed by atoms with van der Waals surface area (Å²) in [4.78, 5) is 0. The lowest BCUT2D eigenvalue weighted by Gasteiger charge is -2.09. The molecule has 0 aliphatic carbocycles. The molecule has 0 bridgehead atoms. The van der Waals surface area contributed by atoms with Crippen LogP contribution in [-0.2, 0) is 0 Å². The lowest BCUT2D eigenvalue weighted by Crippen LogP contribution is -2.13. The van der Waals surface area contributed by atoms with Crippen LogP contribution in [0.2, 0.25) is 0 Å². The second-order valence-electron chi connectivity index (χ2n) is 3.47. The quantitative estimate of drug-likeness (QED) is 0.762. The molecule has 1 N–H and O–H groups in total. The molecule has 3 heteroatoms. The fraction of sp³-hybridized carbons (Fsp3) is 0.364. The molecular formula is C11H12N2S. The van der Waals surface area contributed by atoms with E-state index in [1.807, 2.05) is 36.0 Å². The summed E-state index contributed by atoms with van der Waals surface area (Å²) in [6, 6.07) is 9.94. The molecule has 1 aliphatic heterocycles. The Morgan fingerprint density at radius 1 is 1.43 bits per heavy atom. The van der Waals surface area contributed by atoms with E-state index in [2.05, 4.69) is 18.3 Å². The van der Waals surface area contributed by atoms with E-state index < -0.39 is 0 Å². The second-order valence-corrected chi connectivity index (χ2v) is 5.02. The van der Waals surface area contributed by atoms with Crippen molar-refractivity contribution in [2.45, 2.75) is 17.5 Å². The molecule has 2 atom stereocenters. The summed E-state index contributed by atoms with van der Waals surface area (Å²) >= 11 is 1.94. The minimum Gasteiger partial charge on any atom is -0.301 e. The Morgan fingerprint density at radius 3 is 2.64 bits per heavy atom. The highest BCUT2D eigenvalue weighted by molar-refractivity contribution is 8.00. The van der Waals surface area contributed by atoms with Crippen LogP contribution in [0.25, 0.3) is 0 Å². The van der Waals surface area contributed by atoms with Crippen LogP contribution >= 0.6 is 11.8 Å². The molecule has 1 heterocycles. The van der Waals surface area contributed by atoms with Gasteiger partial charge in [-0.05, 0) is 17.7 Å². The van der Waals surface area contributed by atoms with Crippen molar-refractivity contribution in [2.24, 2.45) is 0 Å². The summed E-state index contributed by atoms with van der Waals surface area (Å²) in [6.45, 7) is 3.29. The third kappa shape index (κ3) is 1.92. The molecule has 1 fully saturated rings. The first kappa shape index (κ1) is 9.57. The van der Waals surface area contributed by atoms with Gasteiger partial charge in [-0.2, -0.15) is 5.26 Å². The smallest absolute Gasteiger partial charge is 0.0991 e. The van der Waals surface area contributed by atoms with Crippen LogP contribution in [0.5, 0.6) is 0 Å². The van der Waals surface area contributed by atoms with Crippen molar-refractivity contribution < 1.29 is 0 Å². The van der Waals surface area contributed by atoms with E-state index in [9.17, 15) is 0 Å². The van der Waals surface area contributed by atoms with Crippen LogP contribution in [0, 0.1) is 11.3 Å². The molecule has 0 saturated carbocycles. The molecule has 2 rings (SSSR count). The Hall–Kier alpha value is -0.980. The monoisotopic (exact) mass is 204 g/mol. The first-order valence-corrected chi connectivity index (χ1v) is 5.63. The van der Waals surface area contributed by atoms with Crippen LogP contribution in [0.4, 0.5) is 0 Å². The number of benzene rings is 1. The van der Waals surface area contributed by atoms with Gasteiger partial charge in [0.1, 0.15) is 0 Å². The fourth-order valence-electron chi connectivity index (χ4n) is 1.53. The number of nitrogens with one attached hydrogen (secondary N) is 1. The third-order valence-corrected chi connectivity index (χ3v) is 3.64. The topological polar surface area (TPSA) is 35.8 Å². The Bertz CT molecular complexity index is 353. The molecule has 1 aromatic carbocycles. The van der Waals surface area contributed by atoms with Crippen LogP contribution < -0.4 is 5.32 Å². The summed E-state index contributed by atoms with van der Waals surface area (Å²) in [5, 5.41) is 13.2. The van der Waals surface area contributed by atoms with Crippen molar-refractivity contribution in [2.75, 3.05) is 6.54 Å². The zero-order chi connectivity index (χ0) is 9.97. The zero-order valence-electron chi connectivity index (χ0n) is 8.03. The average Bonchev–Trinajstić information content (AvgIpc) is 2.65. The Kier molecular flexibility index (Phi) is 2.76. The van der Waals surface area contributed by atoms with Gasteiger partial charge in [0.05, 0.1) is 17.0 Å². The molecule has 0 spiro atoms. The van der Waals surface area contributed by atoms with Gasteiger partial charge >= 0.3 is 0 Å². The van der Waals surface area contributed by atoms with Gasteiger partial charge in [-0.3, -0.25) is 0 Å². The minimum atomic E-state index is 0.401. The maximum atomic E-state index is 8.67. The average molecular weight is 204 g/mol. The highest BCUT2D eigenvalue weighted by atomic mass is 32.2. The summed E-state index contributed by atoms with van der Waals surface area (Å²) in [7, 11) is 0. The van der Waals surface area contributed by atoms with Crippen molar-refractivity contribution in [1.82, 2.24) is 5.32 Å². The highest BCUT2D eigenvalue weighted by Crippen LogP contribution is 2.34. The van der Waals surface area contributed by atoms with Gasteiger partial charge in [0.25, 0.3) is 0 Å². The normalized spacial score (nSPS) is 26.0. The number of nitrogens with zero attached hydrogens (tertiary/aromatic N) is 1. The van der Waals surface area contributed by atoms with Crippen molar-refractivity contribution in [3.63, 3.8) is 0 Å². The molecule has 1 aliphatic rings. The van der Waals surface area contributed by atoms with Crippen LogP contribution in [0.15, 0.2) is 24.3 Å². The minimum absolute atomic E-state index is 0.401. The fourth-order valence-corrected chi connectivity index (χ4v) is 2.69. The lowest BCUT2D eigenvalue weighted by molar-refractivity contribution is 0.718. The molecule has 2 nitrogen and oxygen atoms in total. The highest BCUT2D eigenvalue weighted by Gasteiger charge is 2.22. The van der Waals surface area contributed by atoms with Gasteiger partial charge in [-0.15, -0.1) is 11.8 Å². The molecular weight excluding hydrogens is 192 g/mol. The van der Waals surface area contributed by atoms with Gasteiger partial charge in [0.2, 0.25) is 0 Å². The molecule has 72 valence electrons. The number of hydrogen-bond donors (Lipinski definition) is 1. The van der Waals surface area contributed by atoms with Crippen LogP contribution in [-0.4, -0.2) is 11.8 Å². The largest absolute Gasteiger partial charge is 0.301 e. The molecule has 2 unspecified atom stereocenters. The number of rotatable bonds is 1. The zero-order valence-corrected chi connectivity index (χ0v) is 8.84. The Balaban J connectivity index is 2.14. The second kappa shape index (κ2) is 4.04. The maximum Gasteiger partial charge on any atom is 0.0991 e. The van der Waals surface area contributed by atoms with Gasteiger partial charge in [-0.25, -0.2) is 0 Å². The van der Waals surface area contributed by atoms with E-state index in [4.69, 9.17) is 5.26 Å². The standard InChI is InChI=1S/C11H12N2S/c1-8-7-13-11(14-8)10-4-2-9(6-12)3-5-10/h2-5,8,11,13H,7H2,1H3. The van der Waals surface area contributed by atoms with E-state index >= 15 is 0 Å². The van der Waals surface area contributed by atoms with E-state index in [1.54, 1.807) is 0 Å². The van der Waals surface area contributed by atoms with Crippen molar-refractivity contribution in [3.8, 4) is 6.07 Å². The summed E-state index contributed by atoms with van der Waals surface area (Å²) in [5.74, 6) is 0. The molecule has 1 aromatic rings. The van der Waals surface area contributed by atoms with Crippen molar-refractivity contribution in [1.29, 1.82) is 5.26 Å². The van der Waals surface area contributed by atoms with Gasteiger partial charge in [0.15, 0.2) is 0 Å². The molecule has 0 amide bonds. The molecule has 0 aromatic heterocycles. The number of hydrogen-bond acceptors (Lipinski definition) is 3. The first-order chi connectivity index (χ1) is 6.79. The summed E-state index contributed by atoms with van der Waals surface area (Å²) in [5.41, 5.74) is 1.99. The van der Waals surface area contributed by atoms with E-state index in [0.29, 0.717) is 10.6 Å². The van der Waals surface area contributed by atoms with E-state index in [1.165, 1.54) is 5.56 Å².